The standard InChI is InChI=1S/C31H42N6O4/c1-20(2)17-27(26-12-15-37(36-26)16-13-29(39)40)33-28(38)19-22-10-11-25(24(18-22)23-8-4-5-9-23)34-31(41)35-30-21(3)7-6-14-32-30/h6-7,10-11,14,18,20,23,27H,4-5,8-9,12-13,15-17,19H2,1-3H3,(H,33,38)(H,39,40)(H2,32,34,35,41). The Bertz CT molecular complexity index is 1270. The molecule has 220 valence electrons. The van der Waals surface area contributed by atoms with Crippen molar-refractivity contribution < 1.29 is 19.5 Å². The number of carbonyl (C=O) groups is 3. The summed E-state index contributed by atoms with van der Waals surface area (Å²) in [6.07, 6.45) is 7.79. The lowest BCUT2D eigenvalue weighted by Gasteiger charge is -2.21. The van der Waals surface area contributed by atoms with E-state index in [1.165, 1.54) is 0 Å². The predicted molar refractivity (Wildman–Crippen MR) is 160 cm³/mol. The molecule has 1 fully saturated rings. The van der Waals surface area contributed by atoms with Gasteiger partial charge in [0.15, 0.2) is 0 Å². The van der Waals surface area contributed by atoms with Crippen molar-refractivity contribution in [3.8, 4) is 0 Å². The van der Waals surface area contributed by atoms with Gasteiger partial charge in [0.1, 0.15) is 5.82 Å². The Balaban J connectivity index is 1.44. The summed E-state index contributed by atoms with van der Waals surface area (Å²) in [6, 6.07) is 9.05. The molecule has 0 bridgehead atoms. The molecule has 2 aromatic rings. The van der Waals surface area contributed by atoms with Gasteiger partial charge in [0.25, 0.3) is 0 Å². The molecule has 1 aromatic carbocycles. The summed E-state index contributed by atoms with van der Waals surface area (Å²) in [4.78, 5) is 41.3. The highest BCUT2D eigenvalue weighted by molar-refractivity contribution is 6.00. The van der Waals surface area contributed by atoms with Gasteiger partial charge in [-0.2, -0.15) is 5.10 Å². The molecule has 4 N–H and O–H groups in total. The monoisotopic (exact) mass is 562 g/mol. The lowest BCUT2D eigenvalue weighted by molar-refractivity contribution is -0.137. The number of aryl methyl sites for hydroxylation is 1. The van der Waals surface area contributed by atoms with Crippen molar-refractivity contribution >= 4 is 35.1 Å². The Kier molecular flexibility index (Phi) is 10.3. The molecule has 1 unspecified atom stereocenters. The number of pyridine rings is 1. The van der Waals surface area contributed by atoms with Crippen LogP contribution in [-0.2, 0) is 16.0 Å². The Morgan fingerprint density at radius 2 is 1.90 bits per heavy atom. The third-order valence-electron chi connectivity index (χ3n) is 7.69. The minimum absolute atomic E-state index is 0.0383. The Morgan fingerprint density at radius 3 is 2.61 bits per heavy atom. The Morgan fingerprint density at radius 1 is 1.12 bits per heavy atom. The van der Waals surface area contributed by atoms with Crippen LogP contribution in [0.25, 0.3) is 0 Å². The number of hydrogen-bond acceptors (Lipinski definition) is 6. The Hall–Kier alpha value is -3.95. The van der Waals surface area contributed by atoms with Crippen LogP contribution in [-0.4, -0.2) is 57.9 Å². The molecule has 0 saturated heterocycles. The van der Waals surface area contributed by atoms with E-state index in [9.17, 15) is 14.4 Å². The van der Waals surface area contributed by atoms with E-state index >= 15 is 0 Å². The molecule has 0 spiro atoms. The topological polar surface area (TPSA) is 136 Å². The zero-order valence-electron chi connectivity index (χ0n) is 24.3. The van der Waals surface area contributed by atoms with Crippen molar-refractivity contribution in [1.29, 1.82) is 0 Å². The molecule has 0 radical (unpaired) electrons. The molecule has 10 nitrogen and oxygen atoms in total. The minimum Gasteiger partial charge on any atom is -0.481 e. The van der Waals surface area contributed by atoms with Crippen LogP contribution in [0.5, 0.6) is 0 Å². The van der Waals surface area contributed by atoms with E-state index in [4.69, 9.17) is 5.11 Å². The average molecular weight is 563 g/mol. The van der Waals surface area contributed by atoms with E-state index in [0.717, 1.165) is 60.2 Å². The second-order valence-electron chi connectivity index (χ2n) is 11.5. The van der Waals surface area contributed by atoms with Crippen LogP contribution in [0, 0.1) is 12.8 Å². The van der Waals surface area contributed by atoms with Crippen LogP contribution < -0.4 is 16.0 Å². The summed E-state index contributed by atoms with van der Waals surface area (Å²) in [7, 11) is 0. The van der Waals surface area contributed by atoms with Gasteiger partial charge in [-0.05, 0) is 66.8 Å². The first-order valence-corrected chi connectivity index (χ1v) is 14.6. The number of urea groups is 1. The molecule has 1 saturated carbocycles. The minimum atomic E-state index is -0.845. The first kappa shape index (κ1) is 30.0. The van der Waals surface area contributed by atoms with Gasteiger partial charge in [0, 0.05) is 31.4 Å². The van der Waals surface area contributed by atoms with E-state index in [1.807, 2.05) is 31.2 Å². The van der Waals surface area contributed by atoms with Crippen LogP contribution in [0.1, 0.15) is 81.4 Å². The Labute approximate surface area is 242 Å². The fourth-order valence-electron chi connectivity index (χ4n) is 5.62. The number of amides is 3. The second-order valence-corrected chi connectivity index (χ2v) is 11.5. The van der Waals surface area contributed by atoms with Gasteiger partial charge in [0.05, 0.1) is 24.6 Å². The number of benzene rings is 1. The number of aromatic nitrogens is 1. The largest absolute Gasteiger partial charge is 0.481 e. The first-order chi connectivity index (χ1) is 19.7. The summed E-state index contributed by atoms with van der Waals surface area (Å²) in [5.74, 6) is 0.291. The maximum atomic E-state index is 13.2. The highest BCUT2D eigenvalue weighted by atomic mass is 16.4. The van der Waals surface area contributed by atoms with Gasteiger partial charge in [-0.15, -0.1) is 0 Å². The average Bonchev–Trinajstić information content (AvgIpc) is 3.62. The molecular weight excluding hydrogens is 520 g/mol. The number of carbonyl (C=O) groups excluding carboxylic acids is 2. The summed E-state index contributed by atoms with van der Waals surface area (Å²) >= 11 is 0. The van der Waals surface area contributed by atoms with Crippen molar-refractivity contribution in [3.63, 3.8) is 0 Å². The molecule has 10 heteroatoms. The van der Waals surface area contributed by atoms with Crippen molar-refractivity contribution in [1.82, 2.24) is 15.3 Å². The fourth-order valence-corrected chi connectivity index (χ4v) is 5.62. The van der Waals surface area contributed by atoms with Crippen LogP contribution in [0.2, 0.25) is 0 Å². The molecule has 1 aromatic heterocycles. The van der Waals surface area contributed by atoms with Crippen LogP contribution >= 0.6 is 0 Å². The molecule has 2 aliphatic rings. The quantitative estimate of drug-likeness (QED) is 0.277. The van der Waals surface area contributed by atoms with Gasteiger partial charge < -0.3 is 15.7 Å². The predicted octanol–water partition coefficient (Wildman–Crippen LogP) is 5.30. The fraction of sp³-hybridized carbons (Fsp3) is 0.516. The van der Waals surface area contributed by atoms with E-state index < -0.39 is 5.97 Å². The number of carboxylic acid groups (broad SMARTS) is 1. The van der Waals surface area contributed by atoms with Crippen molar-refractivity contribution in [2.24, 2.45) is 11.0 Å². The maximum absolute atomic E-state index is 13.2. The molecule has 1 atom stereocenters. The van der Waals surface area contributed by atoms with E-state index in [-0.39, 0.29) is 30.8 Å². The first-order valence-electron chi connectivity index (χ1n) is 14.6. The third kappa shape index (κ3) is 8.77. The van der Waals surface area contributed by atoms with Gasteiger partial charge in [-0.1, -0.05) is 44.9 Å². The van der Waals surface area contributed by atoms with Gasteiger partial charge in [-0.3, -0.25) is 19.9 Å². The third-order valence-corrected chi connectivity index (χ3v) is 7.69. The van der Waals surface area contributed by atoms with Gasteiger partial charge in [-0.25, -0.2) is 9.78 Å². The SMILES string of the molecule is Cc1cccnc1NC(=O)Nc1ccc(CC(=O)NC(CC(C)C)C2=NN(CCC(=O)O)CC2)cc1C1CCCC1. The number of aliphatic carboxylic acids is 1. The van der Waals surface area contributed by atoms with E-state index in [0.29, 0.717) is 37.2 Å². The van der Waals surface area contributed by atoms with Crippen LogP contribution in [0.3, 0.4) is 0 Å². The number of nitrogens with one attached hydrogen (secondary N) is 3. The van der Waals surface area contributed by atoms with Gasteiger partial charge >= 0.3 is 12.0 Å². The number of nitrogens with zero attached hydrogens (tertiary/aromatic N) is 3. The maximum Gasteiger partial charge on any atom is 0.324 e. The highest BCUT2D eigenvalue weighted by Gasteiger charge is 2.26. The lowest BCUT2D eigenvalue weighted by Crippen LogP contribution is -2.42. The van der Waals surface area contributed by atoms with Crippen LogP contribution in [0.4, 0.5) is 16.3 Å². The number of hydrazone groups is 1. The molecule has 4 rings (SSSR count). The lowest BCUT2D eigenvalue weighted by atomic mass is 9.93. The summed E-state index contributed by atoms with van der Waals surface area (Å²) < 4.78 is 0. The number of rotatable bonds is 12. The summed E-state index contributed by atoms with van der Waals surface area (Å²) in [6.45, 7) is 7.15. The summed E-state index contributed by atoms with van der Waals surface area (Å²) in [5.41, 5.74) is 4.50. The second kappa shape index (κ2) is 14.1. The molecule has 1 aliphatic carbocycles. The molecular formula is C31H42N6O4. The smallest absolute Gasteiger partial charge is 0.324 e. The number of anilines is 2. The number of carboxylic acids is 1. The molecule has 3 amide bonds. The molecule has 41 heavy (non-hydrogen) atoms. The van der Waals surface area contributed by atoms with Crippen molar-refractivity contribution in [3.05, 3.63) is 53.2 Å². The molecule has 1 aliphatic heterocycles. The normalized spacial score (nSPS) is 16.0. The zero-order valence-corrected chi connectivity index (χ0v) is 24.3. The molecule has 2 heterocycles. The van der Waals surface area contributed by atoms with Crippen molar-refractivity contribution in [2.75, 3.05) is 23.7 Å². The van der Waals surface area contributed by atoms with E-state index in [2.05, 4.69) is 45.9 Å². The van der Waals surface area contributed by atoms with Crippen LogP contribution in [0.15, 0.2) is 41.6 Å². The van der Waals surface area contributed by atoms with E-state index in [1.54, 1.807) is 11.2 Å². The van der Waals surface area contributed by atoms with Crippen molar-refractivity contribution in [2.45, 2.75) is 84.1 Å². The van der Waals surface area contributed by atoms with Gasteiger partial charge in [0.2, 0.25) is 5.91 Å². The zero-order chi connectivity index (χ0) is 29.4. The highest BCUT2D eigenvalue weighted by Crippen LogP contribution is 2.38. The number of hydrogen-bond donors (Lipinski definition) is 4. The summed E-state index contributed by atoms with van der Waals surface area (Å²) in [5, 5.41) is 24.4.